The van der Waals surface area contributed by atoms with Gasteiger partial charge in [-0.2, -0.15) is 0 Å². The molecule has 28 heavy (non-hydrogen) atoms. The highest BCUT2D eigenvalue weighted by Crippen LogP contribution is 2.24. The Morgan fingerprint density at radius 3 is 2.50 bits per heavy atom. The number of benzene rings is 2. The Hall–Kier alpha value is -2.08. The minimum absolute atomic E-state index is 0.214. The molecule has 1 N–H and O–H groups in total. The van der Waals surface area contributed by atoms with Gasteiger partial charge in [-0.25, -0.2) is 0 Å². The second kappa shape index (κ2) is 9.92. The van der Waals surface area contributed by atoms with Crippen LogP contribution in [-0.4, -0.2) is 61.4 Å². The molecule has 0 unspecified atom stereocenters. The van der Waals surface area contributed by atoms with Crippen molar-refractivity contribution in [3.63, 3.8) is 0 Å². The van der Waals surface area contributed by atoms with Crippen molar-refractivity contribution in [1.82, 2.24) is 9.80 Å². The zero-order valence-electron chi connectivity index (χ0n) is 17.2. The molecule has 0 spiro atoms. The maximum atomic E-state index is 9.59. The second-order valence-corrected chi connectivity index (χ2v) is 7.49. The Kier molecular flexibility index (Phi) is 7.31. The minimum atomic E-state index is 0.214. The third kappa shape index (κ3) is 5.04. The summed E-state index contributed by atoms with van der Waals surface area (Å²) in [4.78, 5) is 4.96. The van der Waals surface area contributed by atoms with Crippen LogP contribution >= 0.6 is 0 Å². The topological polar surface area (TPSA) is 45.2 Å². The zero-order valence-corrected chi connectivity index (χ0v) is 17.2. The van der Waals surface area contributed by atoms with Gasteiger partial charge in [0.1, 0.15) is 11.5 Å². The lowest BCUT2D eigenvalue weighted by molar-refractivity contribution is 0.0496. The van der Waals surface area contributed by atoms with Crippen molar-refractivity contribution in [1.29, 1.82) is 0 Å². The van der Waals surface area contributed by atoms with E-state index in [0.29, 0.717) is 6.04 Å². The highest BCUT2D eigenvalue weighted by molar-refractivity contribution is 5.36. The molecule has 0 radical (unpaired) electrons. The third-order valence-corrected chi connectivity index (χ3v) is 5.58. The standard InChI is InChI=1S/C23H32N2O3/c1-18-14-19(8-9-22(18)27-2)15-25-12-11-24(17-21(25)10-13-26)16-20-6-4-5-7-23(20)28-3/h4-9,14,21,26H,10-13,15-17H2,1-3H3/t21-/m0/s1. The van der Waals surface area contributed by atoms with E-state index in [0.717, 1.165) is 56.2 Å². The Labute approximate surface area is 168 Å². The Balaban J connectivity index is 1.66. The number of ether oxygens (including phenoxy) is 2. The SMILES string of the molecule is COc1ccc(CN2CCN(Cc3ccccc3OC)C[C@@H]2CCO)cc1C. The van der Waals surface area contributed by atoms with E-state index in [9.17, 15) is 5.11 Å². The first-order valence-electron chi connectivity index (χ1n) is 9.97. The lowest BCUT2D eigenvalue weighted by Gasteiger charge is -2.41. The number of aliphatic hydroxyl groups excluding tert-OH is 1. The number of nitrogens with zero attached hydrogens (tertiary/aromatic N) is 2. The van der Waals surface area contributed by atoms with E-state index in [2.05, 4.69) is 41.0 Å². The third-order valence-electron chi connectivity index (χ3n) is 5.58. The van der Waals surface area contributed by atoms with Gasteiger partial charge in [-0.05, 0) is 36.6 Å². The summed E-state index contributed by atoms with van der Waals surface area (Å²) in [5, 5.41) is 9.59. The van der Waals surface area contributed by atoms with E-state index >= 15 is 0 Å². The first-order chi connectivity index (χ1) is 13.6. The number of hydrogen-bond acceptors (Lipinski definition) is 5. The van der Waals surface area contributed by atoms with Crippen LogP contribution < -0.4 is 9.47 Å². The van der Waals surface area contributed by atoms with Crippen LogP contribution in [0.2, 0.25) is 0 Å². The van der Waals surface area contributed by atoms with Crippen molar-refractivity contribution >= 4 is 0 Å². The van der Waals surface area contributed by atoms with Crippen molar-refractivity contribution in [3.05, 3.63) is 59.2 Å². The molecule has 1 saturated heterocycles. The van der Waals surface area contributed by atoms with Crippen molar-refractivity contribution in [3.8, 4) is 11.5 Å². The van der Waals surface area contributed by atoms with Crippen LogP contribution in [-0.2, 0) is 13.1 Å². The van der Waals surface area contributed by atoms with Crippen molar-refractivity contribution in [2.75, 3.05) is 40.5 Å². The van der Waals surface area contributed by atoms with E-state index in [-0.39, 0.29) is 6.61 Å². The smallest absolute Gasteiger partial charge is 0.123 e. The van der Waals surface area contributed by atoms with Gasteiger partial charge in [0, 0.05) is 50.9 Å². The molecule has 1 heterocycles. The van der Waals surface area contributed by atoms with E-state index in [4.69, 9.17) is 9.47 Å². The van der Waals surface area contributed by atoms with Crippen LogP contribution in [0.3, 0.4) is 0 Å². The maximum absolute atomic E-state index is 9.59. The summed E-state index contributed by atoms with van der Waals surface area (Å²) >= 11 is 0. The highest BCUT2D eigenvalue weighted by Gasteiger charge is 2.27. The summed E-state index contributed by atoms with van der Waals surface area (Å²) in [6.45, 7) is 7.03. The molecule has 0 aliphatic carbocycles. The first-order valence-corrected chi connectivity index (χ1v) is 9.97. The molecule has 152 valence electrons. The molecular weight excluding hydrogens is 352 g/mol. The summed E-state index contributed by atoms with van der Waals surface area (Å²) < 4.78 is 10.9. The van der Waals surface area contributed by atoms with Crippen molar-refractivity contribution in [2.24, 2.45) is 0 Å². The summed E-state index contributed by atoms with van der Waals surface area (Å²) in [6, 6.07) is 14.9. The lowest BCUT2D eigenvalue weighted by Crippen LogP contribution is -2.52. The number of para-hydroxylation sites is 1. The molecule has 0 bridgehead atoms. The summed E-state index contributed by atoms with van der Waals surface area (Å²) in [5.74, 6) is 1.87. The first kappa shape index (κ1) is 20.6. The molecular formula is C23H32N2O3. The van der Waals surface area contributed by atoms with E-state index in [1.54, 1.807) is 14.2 Å². The van der Waals surface area contributed by atoms with Gasteiger partial charge in [-0.15, -0.1) is 0 Å². The number of aryl methyl sites for hydroxylation is 1. The molecule has 2 aromatic carbocycles. The highest BCUT2D eigenvalue weighted by atomic mass is 16.5. The Bertz CT molecular complexity index is 765. The number of hydrogen-bond donors (Lipinski definition) is 1. The number of rotatable bonds is 8. The van der Waals surface area contributed by atoms with Gasteiger partial charge in [-0.1, -0.05) is 30.3 Å². The van der Waals surface area contributed by atoms with Crippen LogP contribution in [0, 0.1) is 6.92 Å². The average molecular weight is 385 g/mol. The summed E-state index contributed by atoms with van der Waals surface area (Å²) in [7, 11) is 3.43. The van der Waals surface area contributed by atoms with Crippen LogP contribution in [0.15, 0.2) is 42.5 Å². The van der Waals surface area contributed by atoms with Crippen molar-refractivity contribution in [2.45, 2.75) is 32.5 Å². The largest absolute Gasteiger partial charge is 0.496 e. The molecule has 0 amide bonds. The molecule has 1 fully saturated rings. The fourth-order valence-electron chi connectivity index (χ4n) is 4.08. The summed E-state index contributed by atoms with van der Waals surface area (Å²) in [5.41, 5.74) is 3.67. The van der Waals surface area contributed by atoms with Gasteiger partial charge in [0.05, 0.1) is 14.2 Å². The Morgan fingerprint density at radius 1 is 1.00 bits per heavy atom. The van der Waals surface area contributed by atoms with Crippen LogP contribution in [0.4, 0.5) is 0 Å². The normalized spacial score (nSPS) is 18.2. The van der Waals surface area contributed by atoms with E-state index < -0.39 is 0 Å². The molecule has 1 atom stereocenters. The molecule has 3 rings (SSSR count). The monoisotopic (exact) mass is 384 g/mol. The molecule has 0 aromatic heterocycles. The van der Waals surface area contributed by atoms with Crippen LogP contribution in [0.25, 0.3) is 0 Å². The van der Waals surface area contributed by atoms with Crippen LogP contribution in [0.1, 0.15) is 23.1 Å². The quantitative estimate of drug-likeness (QED) is 0.758. The number of aliphatic hydroxyl groups is 1. The van der Waals surface area contributed by atoms with Gasteiger partial charge in [-0.3, -0.25) is 9.80 Å². The van der Waals surface area contributed by atoms with Crippen molar-refractivity contribution < 1.29 is 14.6 Å². The molecule has 2 aromatic rings. The minimum Gasteiger partial charge on any atom is -0.496 e. The Morgan fingerprint density at radius 2 is 1.79 bits per heavy atom. The predicted octanol–water partition coefficient (Wildman–Crippen LogP) is 3.08. The number of methoxy groups -OCH3 is 2. The molecule has 1 aliphatic rings. The van der Waals surface area contributed by atoms with E-state index in [1.165, 1.54) is 11.1 Å². The molecule has 5 nitrogen and oxygen atoms in total. The van der Waals surface area contributed by atoms with Gasteiger partial charge in [0.25, 0.3) is 0 Å². The second-order valence-electron chi connectivity index (χ2n) is 7.49. The fourth-order valence-corrected chi connectivity index (χ4v) is 4.08. The fraction of sp³-hybridized carbons (Fsp3) is 0.478. The average Bonchev–Trinajstić information content (AvgIpc) is 2.71. The van der Waals surface area contributed by atoms with E-state index in [1.807, 2.05) is 18.2 Å². The van der Waals surface area contributed by atoms with Gasteiger partial charge < -0.3 is 14.6 Å². The molecule has 0 saturated carbocycles. The molecule has 5 heteroatoms. The van der Waals surface area contributed by atoms with Gasteiger partial charge >= 0.3 is 0 Å². The zero-order chi connectivity index (χ0) is 19.9. The van der Waals surface area contributed by atoms with Crippen LogP contribution in [0.5, 0.6) is 11.5 Å². The van der Waals surface area contributed by atoms with Gasteiger partial charge in [0.15, 0.2) is 0 Å². The molecule has 1 aliphatic heterocycles. The number of piperazine rings is 1. The predicted molar refractivity (Wildman–Crippen MR) is 112 cm³/mol. The maximum Gasteiger partial charge on any atom is 0.123 e. The van der Waals surface area contributed by atoms with Gasteiger partial charge in [0.2, 0.25) is 0 Å². The lowest BCUT2D eigenvalue weighted by atomic mass is 10.0. The summed E-state index contributed by atoms with van der Waals surface area (Å²) in [6.07, 6.45) is 0.789.